The molecule has 2 heterocycles. The number of hydrogen-bond acceptors (Lipinski definition) is 3. The van der Waals surface area contributed by atoms with Crippen LogP contribution in [-0.4, -0.2) is 25.5 Å². The number of amides is 1. The van der Waals surface area contributed by atoms with Gasteiger partial charge in [-0.3, -0.25) is 4.79 Å². The molecule has 0 radical (unpaired) electrons. The molecule has 1 saturated heterocycles. The Morgan fingerprint density at radius 1 is 1.14 bits per heavy atom. The molecule has 29 heavy (non-hydrogen) atoms. The SMILES string of the molecule is CC(C)(C)C(=O)N1CC2(CCNCC2)c2c(F)ccc(OCc3ccccc3)c21. The van der Waals surface area contributed by atoms with E-state index < -0.39 is 5.41 Å². The molecule has 0 bridgehead atoms. The molecule has 1 fully saturated rings. The summed E-state index contributed by atoms with van der Waals surface area (Å²) in [5, 5.41) is 3.36. The zero-order chi connectivity index (χ0) is 20.6. The summed E-state index contributed by atoms with van der Waals surface area (Å²) in [6.07, 6.45) is 1.62. The van der Waals surface area contributed by atoms with E-state index in [1.54, 1.807) is 11.0 Å². The maximum atomic E-state index is 15.2. The molecule has 2 aliphatic rings. The van der Waals surface area contributed by atoms with E-state index >= 15 is 4.39 Å². The average molecular weight is 397 g/mol. The van der Waals surface area contributed by atoms with Gasteiger partial charge in [-0.1, -0.05) is 51.1 Å². The summed E-state index contributed by atoms with van der Waals surface area (Å²) in [6, 6.07) is 13.0. The Morgan fingerprint density at radius 3 is 2.48 bits per heavy atom. The third-order valence-corrected chi connectivity index (χ3v) is 6.04. The Labute approximate surface area is 172 Å². The number of rotatable bonds is 3. The third-order valence-electron chi connectivity index (χ3n) is 6.04. The van der Waals surface area contributed by atoms with E-state index in [1.165, 1.54) is 6.07 Å². The van der Waals surface area contributed by atoms with Gasteiger partial charge in [-0.25, -0.2) is 4.39 Å². The number of nitrogens with zero attached hydrogens (tertiary/aromatic N) is 1. The second kappa shape index (κ2) is 7.45. The van der Waals surface area contributed by atoms with Gasteiger partial charge in [0.05, 0.1) is 5.69 Å². The zero-order valence-electron chi connectivity index (χ0n) is 17.4. The molecule has 1 amide bonds. The number of anilines is 1. The van der Waals surface area contributed by atoms with Gasteiger partial charge in [0, 0.05) is 22.9 Å². The summed E-state index contributed by atoms with van der Waals surface area (Å²) in [4.78, 5) is 15.1. The first kappa shape index (κ1) is 19.9. The molecule has 4 nitrogen and oxygen atoms in total. The number of carbonyl (C=O) groups is 1. The lowest BCUT2D eigenvalue weighted by Gasteiger charge is -2.35. The van der Waals surface area contributed by atoms with E-state index in [1.807, 2.05) is 51.1 Å². The molecule has 4 rings (SSSR count). The second-order valence-corrected chi connectivity index (χ2v) is 9.22. The van der Waals surface area contributed by atoms with Crippen molar-refractivity contribution in [2.24, 2.45) is 5.41 Å². The van der Waals surface area contributed by atoms with Gasteiger partial charge in [0.2, 0.25) is 5.91 Å². The van der Waals surface area contributed by atoms with Crippen molar-refractivity contribution in [1.29, 1.82) is 0 Å². The number of nitrogens with one attached hydrogen (secondary N) is 1. The van der Waals surface area contributed by atoms with Crippen molar-refractivity contribution < 1.29 is 13.9 Å². The number of halogens is 1. The molecule has 154 valence electrons. The first-order valence-corrected chi connectivity index (χ1v) is 10.3. The molecule has 2 aliphatic heterocycles. The summed E-state index contributed by atoms with van der Waals surface area (Å²) < 4.78 is 21.3. The molecule has 1 N–H and O–H groups in total. The monoisotopic (exact) mass is 396 g/mol. The fourth-order valence-corrected chi connectivity index (χ4v) is 4.52. The van der Waals surface area contributed by atoms with Crippen LogP contribution in [0.5, 0.6) is 5.75 Å². The van der Waals surface area contributed by atoms with Crippen LogP contribution in [0.1, 0.15) is 44.7 Å². The number of ether oxygens (including phenoxy) is 1. The van der Waals surface area contributed by atoms with Crippen LogP contribution in [0.2, 0.25) is 0 Å². The standard InChI is InChI=1S/C24H29FN2O2/c1-23(2,3)22(28)27-16-24(11-13-26-14-12-24)20-18(25)9-10-19(21(20)27)29-15-17-7-5-4-6-8-17/h4-10,26H,11-16H2,1-3H3. The first-order chi connectivity index (χ1) is 13.8. The van der Waals surface area contributed by atoms with Crippen molar-refractivity contribution in [2.75, 3.05) is 24.5 Å². The van der Waals surface area contributed by atoms with Crippen molar-refractivity contribution in [1.82, 2.24) is 5.32 Å². The highest BCUT2D eigenvalue weighted by atomic mass is 19.1. The Morgan fingerprint density at radius 2 is 1.83 bits per heavy atom. The molecule has 0 aliphatic carbocycles. The van der Waals surface area contributed by atoms with E-state index in [9.17, 15) is 4.79 Å². The van der Waals surface area contributed by atoms with Crippen LogP contribution in [0, 0.1) is 11.2 Å². The van der Waals surface area contributed by atoms with Gasteiger partial charge < -0.3 is 15.0 Å². The molecule has 1 spiro atoms. The number of carbonyl (C=O) groups excluding carboxylic acids is 1. The van der Waals surface area contributed by atoms with E-state index in [2.05, 4.69) is 5.32 Å². The third kappa shape index (κ3) is 3.64. The van der Waals surface area contributed by atoms with Gasteiger partial charge in [-0.2, -0.15) is 0 Å². The quantitative estimate of drug-likeness (QED) is 0.835. The number of hydrogen-bond donors (Lipinski definition) is 1. The smallest absolute Gasteiger partial charge is 0.232 e. The summed E-state index contributed by atoms with van der Waals surface area (Å²) >= 11 is 0. The van der Waals surface area contributed by atoms with Gasteiger partial charge >= 0.3 is 0 Å². The minimum atomic E-state index is -0.557. The van der Waals surface area contributed by atoms with Gasteiger partial charge in [0.15, 0.2) is 0 Å². The highest BCUT2D eigenvalue weighted by molar-refractivity contribution is 6.01. The normalized spacial score (nSPS) is 18.0. The summed E-state index contributed by atoms with van der Waals surface area (Å²) in [6.45, 7) is 8.27. The maximum Gasteiger partial charge on any atom is 0.232 e. The van der Waals surface area contributed by atoms with Crippen LogP contribution in [-0.2, 0) is 16.8 Å². The lowest BCUT2D eigenvalue weighted by molar-refractivity contribution is -0.125. The molecule has 2 aromatic carbocycles. The average Bonchev–Trinajstić information content (AvgIpc) is 3.03. The molecule has 2 aromatic rings. The number of benzene rings is 2. The summed E-state index contributed by atoms with van der Waals surface area (Å²) in [5.74, 6) is 0.348. The van der Waals surface area contributed by atoms with Crippen LogP contribution < -0.4 is 15.0 Å². The highest BCUT2D eigenvalue weighted by Crippen LogP contribution is 2.52. The van der Waals surface area contributed by atoms with E-state index in [-0.39, 0.29) is 17.1 Å². The van der Waals surface area contributed by atoms with Gasteiger partial charge in [-0.15, -0.1) is 0 Å². The van der Waals surface area contributed by atoms with Crippen LogP contribution in [0.4, 0.5) is 10.1 Å². The summed E-state index contributed by atoms with van der Waals surface area (Å²) in [5.41, 5.74) is 1.41. The first-order valence-electron chi connectivity index (χ1n) is 10.3. The van der Waals surface area contributed by atoms with E-state index in [0.717, 1.165) is 31.5 Å². The topological polar surface area (TPSA) is 41.6 Å². The molecule has 5 heteroatoms. The van der Waals surface area contributed by atoms with Gasteiger partial charge in [0.25, 0.3) is 0 Å². The van der Waals surface area contributed by atoms with Crippen molar-refractivity contribution in [3.63, 3.8) is 0 Å². The van der Waals surface area contributed by atoms with Gasteiger partial charge in [-0.05, 0) is 43.6 Å². The van der Waals surface area contributed by atoms with Crippen LogP contribution >= 0.6 is 0 Å². The Kier molecular flexibility index (Phi) is 5.11. The Bertz CT molecular complexity index is 899. The van der Waals surface area contributed by atoms with Crippen LogP contribution in [0.15, 0.2) is 42.5 Å². The lowest BCUT2D eigenvalue weighted by atomic mass is 9.74. The fourth-order valence-electron chi connectivity index (χ4n) is 4.52. The predicted molar refractivity (Wildman–Crippen MR) is 113 cm³/mol. The minimum Gasteiger partial charge on any atom is -0.487 e. The van der Waals surface area contributed by atoms with Gasteiger partial charge in [0.1, 0.15) is 18.2 Å². The largest absolute Gasteiger partial charge is 0.487 e. The van der Waals surface area contributed by atoms with Crippen LogP contribution in [0.3, 0.4) is 0 Å². The minimum absolute atomic E-state index is 0.00400. The number of piperidine rings is 1. The fraction of sp³-hybridized carbons (Fsp3) is 0.458. The van der Waals surface area contributed by atoms with E-state index in [4.69, 9.17) is 4.74 Å². The molecule has 0 saturated carbocycles. The predicted octanol–water partition coefficient (Wildman–Crippen LogP) is 4.42. The molecule has 0 unspecified atom stereocenters. The summed E-state index contributed by atoms with van der Waals surface area (Å²) in [7, 11) is 0. The molecular formula is C24H29FN2O2. The van der Waals surface area contributed by atoms with Crippen molar-refractivity contribution in [2.45, 2.75) is 45.6 Å². The molecule has 0 aromatic heterocycles. The van der Waals surface area contributed by atoms with Crippen molar-refractivity contribution in [3.05, 3.63) is 59.4 Å². The highest BCUT2D eigenvalue weighted by Gasteiger charge is 2.50. The maximum absolute atomic E-state index is 15.2. The zero-order valence-corrected chi connectivity index (χ0v) is 17.4. The molecule has 0 atom stereocenters. The van der Waals surface area contributed by atoms with Crippen molar-refractivity contribution >= 4 is 11.6 Å². The van der Waals surface area contributed by atoms with Crippen LogP contribution in [0.25, 0.3) is 0 Å². The molecular weight excluding hydrogens is 367 g/mol. The second-order valence-electron chi connectivity index (χ2n) is 9.22. The Hall–Kier alpha value is -2.40. The van der Waals surface area contributed by atoms with Crippen molar-refractivity contribution in [3.8, 4) is 5.75 Å². The number of fused-ring (bicyclic) bond motifs is 2. The Balaban J connectivity index is 1.78. The van der Waals surface area contributed by atoms with E-state index in [0.29, 0.717) is 30.2 Å². The lowest BCUT2D eigenvalue weighted by Crippen LogP contribution is -2.46.